The largest absolute Gasteiger partial charge is 0.383 e. The fourth-order valence-electron chi connectivity index (χ4n) is 1.97. The van der Waals surface area contributed by atoms with E-state index in [2.05, 4.69) is 48.3 Å². The maximum absolute atomic E-state index is 5.00. The number of methoxy groups -OCH3 is 1. The van der Waals surface area contributed by atoms with Gasteiger partial charge in [0.1, 0.15) is 0 Å². The van der Waals surface area contributed by atoms with Crippen molar-refractivity contribution < 1.29 is 4.74 Å². The van der Waals surface area contributed by atoms with E-state index in [4.69, 9.17) is 4.74 Å². The van der Waals surface area contributed by atoms with Crippen molar-refractivity contribution in [2.75, 3.05) is 38.3 Å². The summed E-state index contributed by atoms with van der Waals surface area (Å²) in [6.45, 7) is 9.19. The SMILES string of the molecule is CCCN(CC)c1ccc(CNCCOC)cc1. The van der Waals surface area contributed by atoms with E-state index < -0.39 is 0 Å². The van der Waals surface area contributed by atoms with Crippen molar-refractivity contribution in [2.24, 2.45) is 0 Å². The fraction of sp³-hybridized carbons (Fsp3) is 0.600. The Morgan fingerprint density at radius 3 is 2.44 bits per heavy atom. The van der Waals surface area contributed by atoms with Gasteiger partial charge in [-0.2, -0.15) is 0 Å². The average molecular weight is 250 g/mol. The zero-order chi connectivity index (χ0) is 13.2. The minimum Gasteiger partial charge on any atom is -0.383 e. The quantitative estimate of drug-likeness (QED) is 0.682. The highest BCUT2D eigenvalue weighted by Gasteiger charge is 2.02. The van der Waals surface area contributed by atoms with E-state index in [9.17, 15) is 0 Å². The number of anilines is 1. The maximum atomic E-state index is 5.00. The third kappa shape index (κ3) is 5.07. The molecule has 0 saturated carbocycles. The van der Waals surface area contributed by atoms with Gasteiger partial charge < -0.3 is 15.0 Å². The van der Waals surface area contributed by atoms with Gasteiger partial charge in [-0.05, 0) is 31.0 Å². The molecule has 0 radical (unpaired) electrons. The minimum atomic E-state index is 0.762. The first-order chi connectivity index (χ1) is 8.81. The highest BCUT2D eigenvalue weighted by atomic mass is 16.5. The van der Waals surface area contributed by atoms with Crippen LogP contribution in [0.4, 0.5) is 5.69 Å². The topological polar surface area (TPSA) is 24.5 Å². The zero-order valence-electron chi connectivity index (χ0n) is 11.9. The van der Waals surface area contributed by atoms with Gasteiger partial charge in [0.2, 0.25) is 0 Å². The van der Waals surface area contributed by atoms with Crippen molar-refractivity contribution in [1.82, 2.24) is 5.32 Å². The summed E-state index contributed by atoms with van der Waals surface area (Å²) in [4.78, 5) is 2.40. The van der Waals surface area contributed by atoms with Crippen molar-refractivity contribution >= 4 is 5.69 Å². The Labute approximate surface area is 111 Å². The van der Waals surface area contributed by atoms with Crippen molar-refractivity contribution in [1.29, 1.82) is 0 Å². The summed E-state index contributed by atoms with van der Waals surface area (Å²) >= 11 is 0. The number of nitrogens with one attached hydrogen (secondary N) is 1. The minimum absolute atomic E-state index is 0.762. The summed E-state index contributed by atoms with van der Waals surface area (Å²) in [6, 6.07) is 8.83. The van der Waals surface area contributed by atoms with Crippen LogP contribution in [0.15, 0.2) is 24.3 Å². The van der Waals surface area contributed by atoms with Crippen LogP contribution in [-0.2, 0) is 11.3 Å². The molecule has 0 aliphatic carbocycles. The van der Waals surface area contributed by atoms with E-state index in [1.165, 1.54) is 17.7 Å². The van der Waals surface area contributed by atoms with E-state index >= 15 is 0 Å². The van der Waals surface area contributed by atoms with Crippen LogP contribution in [-0.4, -0.2) is 33.4 Å². The van der Waals surface area contributed by atoms with Gasteiger partial charge in [-0.25, -0.2) is 0 Å². The first kappa shape index (κ1) is 15.0. The molecule has 0 aromatic heterocycles. The lowest BCUT2D eigenvalue weighted by Crippen LogP contribution is -2.23. The van der Waals surface area contributed by atoms with Crippen LogP contribution in [0.5, 0.6) is 0 Å². The Morgan fingerprint density at radius 2 is 1.89 bits per heavy atom. The lowest BCUT2D eigenvalue weighted by Gasteiger charge is -2.22. The van der Waals surface area contributed by atoms with Crippen LogP contribution in [0.25, 0.3) is 0 Å². The van der Waals surface area contributed by atoms with Gasteiger partial charge >= 0.3 is 0 Å². The molecule has 3 heteroatoms. The van der Waals surface area contributed by atoms with Gasteiger partial charge in [0, 0.05) is 39.0 Å². The molecule has 3 nitrogen and oxygen atoms in total. The molecule has 0 amide bonds. The number of hydrogen-bond acceptors (Lipinski definition) is 3. The molecule has 18 heavy (non-hydrogen) atoms. The van der Waals surface area contributed by atoms with Gasteiger partial charge in [-0.15, -0.1) is 0 Å². The van der Waals surface area contributed by atoms with Crippen LogP contribution in [0.3, 0.4) is 0 Å². The molecule has 102 valence electrons. The van der Waals surface area contributed by atoms with E-state index in [-0.39, 0.29) is 0 Å². The van der Waals surface area contributed by atoms with Gasteiger partial charge in [0.25, 0.3) is 0 Å². The summed E-state index contributed by atoms with van der Waals surface area (Å²) < 4.78 is 5.00. The monoisotopic (exact) mass is 250 g/mol. The molecule has 0 unspecified atom stereocenters. The second-order valence-corrected chi connectivity index (χ2v) is 4.42. The predicted octanol–water partition coefficient (Wildman–Crippen LogP) is 2.66. The Kier molecular flexibility index (Phi) is 7.46. The Balaban J connectivity index is 2.45. The van der Waals surface area contributed by atoms with Gasteiger partial charge in [0.15, 0.2) is 0 Å². The molecular weight excluding hydrogens is 224 g/mol. The smallest absolute Gasteiger partial charge is 0.0587 e. The molecule has 1 rings (SSSR count). The second kappa shape index (κ2) is 8.95. The molecular formula is C15H26N2O. The number of ether oxygens (including phenoxy) is 1. The highest BCUT2D eigenvalue weighted by molar-refractivity contribution is 5.47. The van der Waals surface area contributed by atoms with Gasteiger partial charge in [-0.1, -0.05) is 19.1 Å². The molecule has 0 bridgehead atoms. The van der Waals surface area contributed by atoms with Crippen LogP contribution in [0, 0.1) is 0 Å². The molecule has 1 aromatic rings. The highest BCUT2D eigenvalue weighted by Crippen LogP contribution is 2.15. The van der Waals surface area contributed by atoms with Crippen LogP contribution in [0.1, 0.15) is 25.8 Å². The first-order valence-corrected chi connectivity index (χ1v) is 6.85. The van der Waals surface area contributed by atoms with Gasteiger partial charge in [-0.3, -0.25) is 0 Å². The summed E-state index contributed by atoms with van der Waals surface area (Å²) in [5, 5.41) is 3.35. The lowest BCUT2D eigenvalue weighted by atomic mass is 10.2. The number of hydrogen-bond donors (Lipinski definition) is 1. The van der Waals surface area contributed by atoms with E-state index in [1.807, 2.05) is 0 Å². The summed E-state index contributed by atoms with van der Waals surface area (Å²) in [5.41, 5.74) is 2.64. The molecule has 0 aliphatic heterocycles. The molecule has 0 heterocycles. The number of rotatable bonds is 9. The summed E-state index contributed by atoms with van der Waals surface area (Å²) in [6.07, 6.45) is 1.19. The summed E-state index contributed by atoms with van der Waals surface area (Å²) in [7, 11) is 1.73. The molecule has 0 atom stereocenters. The van der Waals surface area contributed by atoms with Crippen LogP contribution < -0.4 is 10.2 Å². The van der Waals surface area contributed by atoms with Crippen LogP contribution >= 0.6 is 0 Å². The maximum Gasteiger partial charge on any atom is 0.0587 e. The lowest BCUT2D eigenvalue weighted by molar-refractivity contribution is 0.199. The van der Waals surface area contributed by atoms with Crippen molar-refractivity contribution in [2.45, 2.75) is 26.8 Å². The van der Waals surface area contributed by atoms with E-state index in [0.717, 1.165) is 32.8 Å². The Bertz CT molecular complexity index is 311. The molecule has 0 aliphatic rings. The summed E-state index contributed by atoms with van der Waals surface area (Å²) in [5.74, 6) is 0. The number of nitrogens with zero attached hydrogens (tertiary/aromatic N) is 1. The van der Waals surface area contributed by atoms with Crippen molar-refractivity contribution in [3.05, 3.63) is 29.8 Å². The average Bonchev–Trinajstić information content (AvgIpc) is 2.42. The molecule has 0 saturated heterocycles. The molecule has 1 aromatic carbocycles. The normalized spacial score (nSPS) is 10.6. The number of benzene rings is 1. The van der Waals surface area contributed by atoms with E-state index in [1.54, 1.807) is 7.11 Å². The third-order valence-corrected chi connectivity index (χ3v) is 2.99. The van der Waals surface area contributed by atoms with E-state index in [0.29, 0.717) is 0 Å². The Hall–Kier alpha value is -1.06. The fourth-order valence-corrected chi connectivity index (χ4v) is 1.97. The first-order valence-electron chi connectivity index (χ1n) is 6.85. The molecule has 1 N–H and O–H groups in total. The molecule has 0 fully saturated rings. The Morgan fingerprint density at radius 1 is 1.17 bits per heavy atom. The second-order valence-electron chi connectivity index (χ2n) is 4.42. The zero-order valence-corrected chi connectivity index (χ0v) is 11.9. The van der Waals surface area contributed by atoms with Gasteiger partial charge in [0.05, 0.1) is 6.61 Å². The standard InChI is InChI=1S/C15H26N2O/c1-4-11-17(5-2)15-8-6-14(7-9-15)13-16-10-12-18-3/h6-9,16H,4-5,10-13H2,1-3H3. The third-order valence-electron chi connectivity index (χ3n) is 2.99. The van der Waals surface area contributed by atoms with Crippen molar-refractivity contribution in [3.8, 4) is 0 Å². The molecule has 0 spiro atoms. The van der Waals surface area contributed by atoms with Crippen LogP contribution in [0.2, 0.25) is 0 Å². The van der Waals surface area contributed by atoms with Crippen molar-refractivity contribution in [3.63, 3.8) is 0 Å². The predicted molar refractivity (Wildman–Crippen MR) is 78.2 cm³/mol.